The predicted octanol–water partition coefficient (Wildman–Crippen LogP) is 3.81. The third-order valence-corrected chi connectivity index (χ3v) is 17.2. The van der Waals surface area contributed by atoms with E-state index >= 15 is 0 Å². The molecule has 320 valence electrons. The zero-order valence-electron chi connectivity index (χ0n) is 34.4. The van der Waals surface area contributed by atoms with Crippen LogP contribution in [0.2, 0.25) is 0 Å². The number of aliphatic hydroxyl groups excluding tert-OH is 7. The summed E-state index contributed by atoms with van der Waals surface area (Å²) >= 11 is 0. The van der Waals surface area contributed by atoms with Gasteiger partial charge in [-0.05, 0) is 109 Å². The van der Waals surface area contributed by atoms with E-state index in [0.29, 0.717) is 38.5 Å². The average molecular weight is 801 g/mol. The second-order valence-corrected chi connectivity index (χ2v) is 20.3. The molecule has 1 saturated heterocycles. The first-order valence-corrected chi connectivity index (χ1v) is 21.3. The number of aliphatic carboxylic acids is 1. The molecule has 8 N–H and O–H groups in total. The van der Waals surface area contributed by atoms with Crippen LogP contribution in [0, 0.1) is 56.2 Å². The van der Waals surface area contributed by atoms with Crippen LogP contribution >= 0.6 is 0 Å². The van der Waals surface area contributed by atoms with Gasteiger partial charge in [-0.3, -0.25) is 4.79 Å². The first kappa shape index (κ1) is 43.1. The molecule has 4 saturated carbocycles. The first-order chi connectivity index (χ1) is 26.9. The Kier molecular flexibility index (Phi) is 11.7. The number of benzene rings is 1. The zero-order valence-corrected chi connectivity index (χ0v) is 34.4. The third kappa shape index (κ3) is 6.59. The minimum Gasteiger partial charge on any atom is -0.481 e. The highest BCUT2D eigenvalue weighted by Crippen LogP contribution is 2.77. The fourth-order valence-corrected chi connectivity index (χ4v) is 14.1. The molecule has 1 heterocycles. The maximum absolute atomic E-state index is 13.4. The largest absolute Gasteiger partial charge is 0.481 e. The lowest BCUT2D eigenvalue weighted by molar-refractivity contribution is -0.334. The van der Waals surface area contributed by atoms with Crippen molar-refractivity contribution in [2.75, 3.05) is 26.4 Å². The Hall–Kier alpha value is -1.97. The molecule has 0 bridgehead atoms. The van der Waals surface area contributed by atoms with E-state index in [2.05, 4.69) is 26.8 Å². The maximum atomic E-state index is 13.4. The van der Waals surface area contributed by atoms with E-state index in [9.17, 15) is 45.6 Å². The summed E-state index contributed by atoms with van der Waals surface area (Å²) in [4.78, 5) is 13.4. The predicted molar refractivity (Wildman–Crippen MR) is 209 cm³/mol. The molecule has 7 rings (SSSR count). The molecule has 0 aromatic heterocycles. The van der Waals surface area contributed by atoms with Crippen molar-refractivity contribution in [3.8, 4) is 0 Å². The highest BCUT2D eigenvalue weighted by molar-refractivity contribution is 5.77. The molecule has 5 fully saturated rings. The summed E-state index contributed by atoms with van der Waals surface area (Å²) < 4.78 is 19.4. The van der Waals surface area contributed by atoms with Gasteiger partial charge in [-0.25, -0.2) is 0 Å². The summed E-state index contributed by atoms with van der Waals surface area (Å²) in [6, 6.07) is 9.81. The number of allylic oxidation sites excluding steroid dienone is 2. The molecule has 1 aromatic rings. The lowest BCUT2D eigenvalue weighted by Crippen LogP contribution is -2.71. The molecule has 1 aromatic carbocycles. The van der Waals surface area contributed by atoms with E-state index < -0.39 is 81.9 Å². The van der Waals surface area contributed by atoms with Crippen molar-refractivity contribution in [3.63, 3.8) is 0 Å². The van der Waals surface area contributed by atoms with Gasteiger partial charge in [0, 0.05) is 18.6 Å². The van der Waals surface area contributed by atoms with E-state index in [1.165, 1.54) is 0 Å². The molecule has 0 spiro atoms. The van der Waals surface area contributed by atoms with Gasteiger partial charge in [0.2, 0.25) is 0 Å². The van der Waals surface area contributed by atoms with E-state index in [0.717, 1.165) is 24.0 Å². The molecule has 57 heavy (non-hydrogen) atoms. The molecule has 12 heteroatoms. The van der Waals surface area contributed by atoms with Crippen LogP contribution in [0.15, 0.2) is 42.0 Å². The topological polar surface area (TPSA) is 207 Å². The fraction of sp³-hybridized carbons (Fsp3) is 0.800. The molecule has 17 atom stereocenters. The highest BCUT2D eigenvalue weighted by Gasteiger charge is 2.73. The Morgan fingerprint density at radius 2 is 1.61 bits per heavy atom. The Morgan fingerprint density at radius 1 is 0.895 bits per heavy atom. The summed E-state index contributed by atoms with van der Waals surface area (Å²) in [6.07, 6.45) is -0.811. The van der Waals surface area contributed by atoms with Gasteiger partial charge in [0.25, 0.3) is 0 Å². The number of aliphatic hydroxyl groups is 7. The van der Waals surface area contributed by atoms with Gasteiger partial charge in [0.1, 0.15) is 23.7 Å². The van der Waals surface area contributed by atoms with Crippen LogP contribution in [0.1, 0.15) is 98.0 Å². The van der Waals surface area contributed by atoms with Gasteiger partial charge >= 0.3 is 5.97 Å². The van der Waals surface area contributed by atoms with Gasteiger partial charge in [-0.1, -0.05) is 76.6 Å². The SMILES string of the molecule is C[C@]1(CO)C[C@@H](O)[C@]2(C(=O)O)CC[C@]3(C)C(=C[C@@H](CCCO)[C@@H]4[C@@]5(C)C[C@@H](OCc6ccccc6)[C@@H](O[C@@H]6OC[C@@H](O)[C@H](O)[C@H]6O)[C@@](C)(CO)[C@H]5CC[C@]43C)[C@@H]2C1. The fourth-order valence-electron chi connectivity index (χ4n) is 14.1. The van der Waals surface area contributed by atoms with Crippen LogP contribution < -0.4 is 0 Å². The molecule has 0 radical (unpaired) electrons. The normalized spacial score (nSPS) is 49.5. The lowest BCUT2D eigenvalue weighted by Gasteiger charge is -2.73. The molecule has 12 nitrogen and oxygen atoms in total. The monoisotopic (exact) mass is 800 g/mol. The Morgan fingerprint density at radius 3 is 2.26 bits per heavy atom. The molecule has 5 aliphatic carbocycles. The minimum absolute atomic E-state index is 0.00164. The van der Waals surface area contributed by atoms with Crippen molar-refractivity contribution in [1.82, 2.24) is 0 Å². The van der Waals surface area contributed by atoms with Gasteiger partial charge < -0.3 is 55.1 Å². The standard InChI is InChI=1S/C45H68O12/c1-40(24-47)19-29-28-18-27(12-9-17-46)36-41(2)20-31(55-22-26-10-7-6-8-11-26)37(57-38-35(52)34(51)30(49)23-56-38)42(3,25-48)32(41)13-14-44(36,5)43(28,4)15-16-45(29,39(53)54)33(50)21-40/h6-8,10-11,18,27,29-38,46-52H,9,12-17,19-25H2,1-5H3,(H,53,54)/t27-,29+,30-,31-,32+,33-,34+,35-,36-,37-,38+,40-,41+,42+,43-,44-,45+/m1/s1. The van der Waals surface area contributed by atoms with Crippen LogP contribution in [-0.2, 0) is 25.6 Å². The van der Waals surface area contributed by atoms with Crippen molar-refractivity contribution in [2.24, 2.45) is 56.2 Å². The second kappa shape index (κ2) is 15.5. The van der Waals surface area contributed by atoms with Crippen LogP contribution in [0.3, 0.4) is 0 Å². The van der Waals surface area contributed by atoms with Crippen LogP contribution in [0.4, 0.5) is 0 Å². The number of hydrogen-bond acceptors (Lipinski definition) is 11. The number of ether oxygens (including phenoxy) is 3. The lowest BCUT2D eigenvalue weighted by atomic mass is 9.31. The summed E-state index contributed by atoms with van der Waals surface area (Å²) in [6.45, 7) is 10.6. The summed E-state index contributed by atoms with van der Waals surface area (Å²) in [7, 11) is 0. The maximum Gasteiger partial charge on any atom is 0.312 e. The first-order valence-electron chi connectivity index (χ1n) is 21.3. The summed E-state index contributed by atoms with van der Waals surface area (Å²) in [5.41, 5.74) is -2.15. The highest BCUT2D eigenvalue weighted by atomic mass is 16.7. The summed E-state index contributed by atoms with van der Waals surface area (Å²) in [5.74, 6) is -1.61. The smallest absolute Gasteiger partial charge is 0.312 e. The number of carbonyl (C=O) groups is 1. The molecule has 0 amide bonds. The van der Waals surface area contributed by atoms with Gasteiger partial charge in [0.05, 0.1) is 38.1 Å². The molecule has 1 aliphatic heterocycles. The number of rotatable bonds is 11. The van der Waals surface area contributed by atoms with Gasteiger partial charge in [-0.2, -0.15) is 0 Å². The van der Waals surface area contributed by atoms with Crippen molar-refractivity contribution in [2.45, 2.75) is 142 Å². The van der Waals surface area contributed by atoms with E-state index in [4.69, 9.17) is 14.2 Å². The zero-order chi connectivity index (χ0) is 41.3. The van der Waals surface area contributed by atoms with Gasteiger partial charge in [-0.15, -0.1) is 0 Å². The quantitative estimate of drug-likeness (QED) is 0.119. The molecular formula is C45H68O12. The number of hydrogen-bond donors (Lipinski definition) is 8. The Balaban J connectivity index is 1.35. The Labute approximate surface area is 337 Å². The van der Waals surface area contributed by atoms with Crippen molar-refractivity contribution in [1.29, 1.82) is 0 Å². The molecule has 6 aliphatic rings. The van der Waals surface area contributed by atoms with Crippen molar-refractivity contribution in [3.05, 3.63) is 47.5 Å². The third-order valence-electron chi connectivity index (χ3n) is 17.2. The van der Waals surface area contributed by atoms with Crippen LogP contribution in [-0.4, -0.2) is 116 Å². The van der Waals surface area contributed by atoms with E-state index in [1.807, 2.05) is 44.2 Å². The summed E-state index contributed by atoms with van der Waals surface area (Å²) in [5, 5.41) is 87.1. The van der Waals surface area contributed by atoms with Crippen molar-refractivity contribution < 1.29 is 59.9 Å². The van der Waals surface area contributed by atoms with Crippen LogP contribution in [0.25, 0.3) is 0 Å². The number of carboxylic acids is 1. The Bertz CT molecular complexity index is 1640. The molecular weight excluding hydrogens is 732 g/mol. The van der Waals surface area contributed by atoms with Crippen molar-refractivity contribution >= 4 is 5.97 Å². The van der Waals surface area contributed by atoms with Crippen LogP contribution in [0.5, 0.6) is 0 Å². The van der Waals surface area contributed by atoms with E-state index in [1.54, 1.807) is 0 Å². The number of fused-ring (bicyclic) bond motifs is 7. The number of carboxylic acid groups (broad SMARTS) is 1. The van der Waals surface area contributed by atoms with E-state index in [-0.39, 0.29) is 62.6 Å². The molecule has 0 unspecified atom stereocenters. The minimum atomic E-state index is -1.52. The van der Waals surface area contributed by atoms with Gasteiger partial charge in [0.15, 0.2) is 6.29 Å². The second-order valence-electron chi connectivity index (χ2n) is 20.3. The average Bonchev–Trinajstić information content (AvgIpc) is 3.18.